The second-order valence-corrected chi connectivity index (χ2v) is 40.0. The molecule has 2 aliphatic heterocycles. The number of hydrogen-bond donors (Lipinski definition) is 10. The summed E-state index contributed by atoms with van der Waals surface area (Å²) in [5, 5.41) is 0. The minimum absolute atomic E-state index is 0.235. The van der Waals surface area contributed by atoms with E-state index in [-0.39, 0.29) is 57.9 Å². The lowest BCUT2D eigenvalue weighted by Crippen LogP contribution is -2.14. The van der Waals surface area contributed by atoms with Crippen molar-refractivity contribution in [3.05, 3.63) is 107 Å². The summed E-state index contributed by atoms with van der Waals surface area (Å²) in [7, 11) is -44.7. The van der Waals surface area contributed by atoms with Gasteiger partial charge in [0, 0.05) is 22.3 Å². The van der Waals surface area contributed by atoms with Gasteiger partial charge in [-0.1, -0.05) is 0 Å². The molecule has 100 heavy (non-hydrogen) atoms. The zero-order chi connectivity index (χ0) is 76.2. The topological polar surface area (TPSA) is 492 Å². The first-order valence-electron chi connectivity index (χ1n) is 27.2. The predicted molar refractivity (Wildman–Crippen MR) is 398 cm³/mol. The van der Waals surface area contributed by atoms with Crippen molar-refractivity contribution >= 4 is 248 Å². The number of rotatable bonds is 12. The zero-order valence-electron chi connectivity index (χ0n) is 52.3. The molecular formula is C56H46Br8N4O24S8. The lowest BCUT2D eigenvalue weighted by atomic mass is 9.92. The van der Waals surface area contributed by atoms with E-state index in [9.17, 15) is 104 Å². The van der Waals surface area contributed by atoms with Crippen molar-refractivity contribution < 1.29 is 104 Å². The maximum absolute atomic E-state index is 13.8. The number of hydrogen-bond acceptors (Lipinski definition) is 18. The Labute approximate surface area is 638 Å². The van der Waals surface area contributed by atoms with E-state index in [0.717, 1.165) is 83.1 Å². The van der Waals surface area contributed by atoms with Gasteiger partial charge in [-0.25, -0.2) is 9.97 Å². The largest absolute Gasteiger partial charge is 0.352 e. The van der Waals surface area contributed by atoms with Crippen LogP contribution in [0.4, 0.5) is 0 Å². The minimum Gasteiger partial charge on any atom is -0.352 e. The average molecular weight is 2050 g/mol. The third-order valence-electron chi connectivity index (χ3n) is 16.9. The van der Waals surface area contributed by atoms with Crippen molar-refractivity contribution in [2.45, 2.75) is 122 Å². The molecule has 0 fully saturated rings. The summed E-state index contributed by atoms with van der Waals surface area (Å²) in [5.41, 5.74) is -14.0. The highest BCUT2D eigenvalue weighted by Crippen LogP contribution is 2.58. The Morgan fingerprint density at radius 1 is 0.220 bits per heavy atom. The number of halogens is 8. The molecule has 2 aliphatic rings. The molecule has 9 rings (SSSR count). The van der Waals surface area contributed by atoms with Crippen LogP contribution in [0.1, 0.15) is 89.5 Å². The molecule has 5 heterocycles. The first-order valence-corrected chi connectivity index (χ1v) is 45.0. The molecule has 0 amide bonds. The van der Waals surface area contributed by atoms with Gasteiger partial charge in [0.25, 0.3) is 80.9 Å². The second kappa shape index (κ2) is 26.2. The monoisotopic (exact) mass is 2050 g/mol. The molecule has 0 radical (unpaired) electrons. The van der Waals surface area contributed by atoms with Crippen LogP contribution in [0.2, 0.25) is 0 Å². The summed E-state index contributed by atoms with van der Waals surface area (Å²) < 4.78 is 307. The van der Waals surface area contributed by atoms with Crippen molar-refractivity contribution in [3.8, 4) is 44.5 Å². The molecule has 4 aromatic carbocycles. The van der Waals surface area contributed by atoms with Gasteiger partial charge in [0.2, 0.25) is 0 Å². The SMILES string of the molecule is Cc1c(-c2c3nc(c(-c4c(C)c(S(=O)(=O)O)c(C)c(S(=O)(=O)O)c4C)c4[nH]c(c(Br)c4Br)c(-c4c(C)c(S(=O)(=O)O)c(C)c(S(=O)(=O)O)c4C)c4nc(c(-c5c(C)c(S(=O)(=O)O)c(C)c(S(=O)(=O)O)c5C)c5[nH]c2c(Br)c5Br)C(Br)=C4Br)C(Br)=C3Br)c(C)c(S(=O)(=O)O)c(C)c1S(=O)(=O)O. The molecule has 0 saturated carbocycles. The van der Waals surface area contributed by atoms with Crippen molar-refractivity contribution in [2.75, 3.05) is 0 Å². The molecule has 0 unspecified atom stereocenters. The van der Waals surface area contributed by atoms with Crippen LogP contribution in [0.15, 0.2) is 57.1 Å². The Kier molecular flexibility index (Phi) is 21.2. The average Bonchev–Trinajstić information content (AvgIpc) is 1.44. The second-order valence-electron chi connectivity index (χ2n) is 22.8. The molecular weight excluding hydrogens is 2010 g/mol. The molecule has 8 bridgehead atoms. The zero-order valence-corrected chi connectivity index (χ0v) is 71.5. The molecule has 28 nitrogen and oxygen atoms in total. The Balaban J connectivity index is 1.88. The smallest absolute Gasteiger partial charge is 0.295 e. The number of aromatic amines is 2. The van der Waals surface area contributed by atoms with Crippen molar-refractivity contribution in [1.29, 1.82) is 0 Å². The highest BCUT2D eigenvalue weighted by atomic mass is 79.9. The van der Waals surface area contributed by atoms with Gasteiger partial charge in [-0.15, -0.1) is 0 Å². The van der Waals surface area contributed by atoms with Crippen LogP contribution >= 0.6 is 127 Å². The molecule has 10 N–H and O–H groups in total. The van der Waals surface area contributed by atoms with Crippen LogP contribution < -0.4 is 0 Å². The van der Waals surface area contributed by atoms with E-state index in [1.54, 1.807) is 0 Å². The quantitative estimate of drug-likeness (QED) is 0.0508. The number of fused-ring (bicyclic) bond motifs is 8. The highest BCUT2D eigenvalue weighted by Gasteiger charge is 2.41. The van der Waals surface area contributed by atoms with Gasteiger partial charge in [0.05, 0.1) is 80.7 Å². The van der Waals surface area contributed by atoms with Crippen molar-refractivity contribution in [2.24, 2.45) is 0 Å². The molecule has 0 atom stereocenters. The lowest BCUT2D eigenvalue weighted by Gasteiger charge is -2.21. The van der Waals surface area contributed by atoms with E-state index in [2.05, 4.69) is 137 Å². The maximum atomic E-state index is 13.8. The van der Waals surface area contributed by atoms with Crippen LogP contribution in [0.5, 0.6) is 0 Å². The fourth-order valence-corrected chi connectivity index (χ4v) is 25.8. The molecule has 0 spiro atoms. The first-order chi connectivity index (χ1) is 45.1. The van der Waals surface area contributed by atoms with E-state index in [0.29, 0.717) is 0 Å². The number of aromatic nitrogens is 4. The fraction of sp³-hybridized carbons (Fsp3) is 0.214. The van der Waals surface area contributed by atoms with E-state index in [1.165, 1.54) is 0 Å². The van der Waals surface area contributed by atoms with Gasteiger partial charge < -0.3 is 9.97 Å². The van der Waals surface area contributed by atoms with Crippen molar-refractivity contribution in [3.63, 3.8) is 0 Å². The fourth-order valence-electron chi connectivity index (χ4n) is 13.8. The van der Waals surface area contributed by atoms with Crippen LogP contribution in [0.25, 0.3) is 84.5 Å². The molecule has 7 aromatic rings. The van der Waals surface area contributed by atoms with E-state index in [1.807, 2.05) is 0 Å². The van der Waals surface area contributed by atoms with Crippen LogP contribution in [0, 0.1) is 83.1 Å². The standard InChI is InChI=1S/C56H46Br8N4O24S8/c1-13-25(14(2)50(94(72,73)74)21(9)49(13)93(69,70)71)29-41-33(57)35(59)43(65-41)30(26-15(3)51(95(75,76)77)22(10)52(16(26)4)96(78,79)80)45-37(61)39(63)47(67-45)32(28-19(7)55(99(87,88)89)24(12)56(20(28)8)100(90,91)92)48-40(64)38(62)46(68-48)31(44-36(60)34(58)42(29)66-44)27-17(5)53(97(81,82)83)23(11)54(18(27)6)98(84,85)86/h65,68H,1-12H3,(H,69,70,71)(H,72,73,74)(H,75,76,77)(H,78,79,80)(H,81,82,83)(H,84,85,86)(H,87,88,89)(H,90,91,92). The summed E-state index contributed by atoms with van der Waals surface area (Å²) in [6, 6.07) is 0. The van der Waals surface area contributed by atoms with E-state index in [4.69, 9.17) is 9.97 Å². The predicted octanol–water partition coefficient (Wildman–Crippen LogP) is 14.9. The lowest BCUT2D eigenvalue weighted by molar-refractivity contribution is 0.474. The van der Waals surface area contributed by atoms with Gasteiger partial charge in [0.15, 0.2) is 0 Å². The minimum atomic E-state index is -5.59. The van der Waals surface area contributed by atoms with Crippen LogP contribution in [-0.4, -0.2) is 124 Å². The molecule has 3 aromatic heterocycles. The number of nitrogens with zero attached hydrogens (tertiary/aromatic N) is 2. The van der Waals surface area contributed by atoms with Gasteiger partial charge in [-0.3, -0.25) is 36.4 Å². The molecule has 0 saturated heterocycles. The Hall–Kier alpha value is -3.40. The van der Waals surface area contributed by atoms with E-state index >= 15 is 0 Å². The number of nitrogens with one attached hydrogen (secondary N) is 2. The summed E-state index contributed by atoms with van der Waals surface area (Å²) in [6.07, 6.45) is 0. The van der Waals surface area contributed by atoms with Gasteiger partial charge in [-0.2, -0.15) is 67.3 Å². The number of H-pyrrole nitrogens is 2. The third-order valence-corrected chi connectivity index (χ3v) is 34.3. The van der Waals surface area contributed by atoms with Crippen LogP contribution in [-0.2, 0) is 80.9 Å². The molecule has 0 aliphatic carbocycles. The normalized spacial score (nSPS) is 14.0. The third kappa shape index (κ3) is 13.0. The summed E-state index contributed by atoms with van der Waals surface area (Å²) in [4.78, 5) is 7.78. The Bertz CT molecular complexity index is 5380. The summed E-state index contributed by atoms with van der Waals surface area (Å²) >= 11 is 28.7. The van der Waals surface area contributed by atoms with Gasteiger partial charge >= 0.3 is 0 Å². The van der Waals surface area contributed by atoms with Gasteiger partial charge in [-0.05, 0) is 300 Å². The molecule has 538 valence electrons. The maximum Gasteiger partial charge on any atom is 0.295 e. The first kappa shape index (κ1) is 80.7. The van der Waals surface area contributed by atoms with Gasteiger partial charge in [0.1, 0.15) is 39.2 Å². The summed E-state index contributed by atoms with van der Waals surface area (Å²) in [5.74, 6) is 0. The Morgan fingerprint density at radius 2 is 0.340 bits per heavy atom. The van der Waals surface area contributed by atoms with Crippen LogP contribution in [0.3, 0.4) is 0 Å². The number of benzene rings is 4. The highest BCUT2D eigenvalue weighted by molar-refractivity contribution is 9.18. The van der Waals surface area contributed by atoms with Crippen molar-refractivity contribution in [1.82, 2.24) is 19.9 Å². The Morgan fingerprint density at radius 3 is 0.450 bits per heavy atom. The molecule has 44 heteroatoms. The van der Waals surface area contributed by atoms with E-state index < -0.39 is 254 Å². The summed E-state index contributed by atoms with van der Waals surface area (Å²) in [6.45, 7) is 12.8.